The van der Waals surface area contributed by atoms with Gasteiger partial charge in [-0.15, -0.1) is 0 Å². The summed E-state index contributed by atoms with van der Waals surface area (Å²) < 4.78 is 37.8. The molecule has 1 aromatic heterocycles. The van der Waals surface area contributed by atoms with E-state index in [1.54, 1.807) is 6.20 Å². The zero-order chi connectivity index (χ0) is 44.5. The summed E-state index contributed by atoms with van der Waals surface area (Å²) in [6, 6.07) is 3.64. The highest BCUT2D eigenvalue weighted by Gasteiger charge is 2.53. The lowest BCUT2D eigenvalue weighted by atomic mass is 10.0. The second-order valence-electron chi connectivity index (χ2n) is 23.9. The highest BCUT2D eigenvalue weighted by atomic mass is 28.4. The highest BCUT2D eigenvalue weighted by molar-refractivity contribution is 6.76. The number of hydrogen-bond acceptors (Lipinski definition) is 7. The van der Waals surface area contributed by atoms with Crippen LogP contribution >= 0.6 is 0 Å². The van der Waals surface area contributed by atoms with E-state index >= 15 is 0 Å². The molecule has 0 aliphatic rings. The molecule has 0 unspecified atom stereocenters. The molecule has 0 spiro atoms. The summed E-state index contributed by atoms with van der Waals surface area (Å²) >= 11 is 0. The van der Waals surface area contributed by atoms with Crippen LogP contribution in [0, 0.1) is 6.92 Å². The van der Waals surface area contributed by atoms with Gasteiger partial charge >= 0.3 is 0 Å². The SMILES string of the molecule is Cc1ncccc1C(=O)NC[C@@H](O[Si](C)(C)C(C)(C)C)[C@H](O[Si](C)(C)C(C)(C)C)[C@@H](O[Si](C)(C)C(C)(C)C)[C@H](CO[Si](C)(C)C(C)(C)C)O[Si](C)(C)C(C)(C)C. The molecule has 4 atom stereocenters. The molecule has 1 rings (SSSR count). The third kappa shape index (κ3) is 14.0. The molecule has 0 radical (unpaired) electrons. The van der Waals surface area contributed by atoms with E-state index in [0.717, 1.165) is 0 Å². The Morgan fingerprint density at radius 2 is 0.911 bits per heavy atom. The molecule has 1 amide bonds. The van der Waals surface area contributed by atoms with Gasteiger partial charge in [0.25, 0.3) is 5.91 Å². The first-order chi connectivity index (χ1) is 24.5. The van der Waals surface area contributed by atoms with Crippen LogP contribution in [0.3, 0.4) is 0 Å². The van der Waals surface area contributed by atoms with Crippen molar-refractivity contribution in [2.45, 2.75) is 226 Å². The average Bonchev–Trinajstić information content (AvgIpc) is 2.96. The molecule has 1 N–H and O–H groups in total. The van der Waals surface area contributed by atoms with E-state index < -0.39 is 66.0 Å². The van der Waals surface area contributed by atoms with Gasteiger partial charge in [0.15, 0.2) is 41.6 Å². The fourth-order valence-electron chi connectivity index (χ4n) is 4.79. The Bertz CT molecular complexity index is 1430. The first-order valence-corrected chi connectivity index (χ1v) is 35.6. The molecular formula is C43H90N2O6Si5. The van der Waals surface area contributed by atoms with Crippen molar-refractivity contribution in [2.24, 2.45) is 0 Å². The Hall–Kier alpha value is -0.496. The number of rotatable bonds is 17. The zero-order valence-corrected chi connectivity index (χ0v) is 46.4. The largest absolute Gasteiger partial charge is 0.414 e. The van der Waals surface area contributed by atoms with Crippen molar-refractivity contribution in [3.8, 4) is 0 Å². The summed E-state index contributed by atoms with van der Waals surface area (Å²) in [6.45, 7) is 59.8. The summed E-state index contributed by atoms with van der Waals surface area (Å²) in [7, 11) is -12.1. The molecule has 0 fully saturated rings. The maximum absolute atomic E-state index is 14.0. The van der Waals surface area contributed by atoms with Gasteiger partial charge in [-0.3, -0.25) is 9.78 Å². The molecule has 13 heteroatoms. The molecular weight excluding hydrogens is 781 g/mol. The van der Waals surface area contributed by atoms with E-state index in [1.165, 1.54) is 0 Å². The molecule has 0 bridgehead atoms. The third-order valence-electron chi connectivity index (χ3n) is 14.2. The van der Waals surface area contributed by atoms with Gasteiger partial charge in [-0.05, 0) is 110 Å². The van der Waals surface area contributed by atoms with E-state index in [0.29, 0.717) is 17.9 Å². The van der Waals surface area contributed by atoms with E-state index in [9.17, 15) is 4.79 Å². The van der Waals surface area contributed by atoms with E-state index in [2.05, 4.69) is 180 Å². The van der Waals surface area contributed by atoms with Gasteiger partial charge in [0.05, 0.1) is 36.6 Å². The fourth-order valence-corrected chi connectivity index (χ4v) is 11.1. The quantitative estimate of drug-likeness (QED) is 0.156. The lowest BCUT2D eigenvalue weighted by Gasteiger charge is -2.52. The number of hydrogen-bond donors (Lipinski definition) is 1. The van der Waals surface area contributed by atoms with Gasteiger partial charge in [-0.2, -0.15) is 0 Å². The summed E-state index contributed by atoms with van der Waals surface area (Å²) in [5.41, 5.74) is 1.24. The van der Waals surface area contributed by atoms with Crippen LogP contribution in [0.1, 0.15) is 120 Å². The van der Waals surface area contributed by atoms with Crippen LogP contribution in [0.2, 0.25) is 90.7 Å². The van der Waals surface area contributed by atoms with Crippen molar-refractivity contribution in [3.63, 3.8) is 0 Å². The van der Waals surface area contributed by atoms with Crippen LogP contribution in [-0.2, 0) is 22.1 Å². The minimum Gasteiger partial charge on any atom is -0.414 e. The normalized spacial score (nSPS) is 17.0. The summed E-state index contributed by atoms with van der Waals surface area (Å²) in [5, 5.41) is 2.93. The molecule has 328 valence electrons. The number of nitrogens with one attached hydrogen (secondary N) is 1. The van der Waals surface area contributed by atoms with Gasteiger partial charge in [0.1, 0.15) is 0 Å². The van der Waals surface area contributed by atoms with Gasteiger partial charge in [0, 0.05) is 18.4 Å². The van der Waals surface area contributed by atoms with Crippen LogP contribution in [0.15, 0.2) is 18.3 Å². The fraction of sp³-hybridized carbons (Fsp3) is 0.860. The van der Waals surface area contributed by atoms with Crippen molar-refractivity contribution < 1.29 is 26.9 Å². The molecule has 1 heterocycles. The number of carbonyl (C=O) groups is 1. The smallest absolute Gasteiger partial charge is 0.253 e. The molecule has 56 heavy (non-hydrogen) atoms. The van der Waals surface area contributed by atoms with Crippen molar-refractivity contribution in [2.75, 3.05) is 13.2 Å². The summed E-state index contributed by atoms with van der Waals surface area (Å²) in [5.74, 6) is -0.178. The monoisotopic (exact) mass is 871 g/mol. The Morgan fingerprint density at radius 1 is 0.571 bits per heavy atom. The molecule has 0 aliphatic carbocycles. The Labute approximate surface area is 351 Å². The van der Waals surface area contributed by atoms with Crippen LogP contribution in [0.5, 0.6) is 0 Å². The van der Waals surface area contributed by atoms with Gasteiger partial charge < -0.3 is 27.4 Å². The van der Waals surface area contributed by atoms with Crippen LogP contribution in [-0.4, -0.2) is 90.0 Å². The van der Waals surface area contributed by atoms with E-state index in [-0.39, 0.29) is 37.6 Å². The molecule has 0 aromatic carbocycles. The number of carbonyl (C=O) groups excluding carboxylic acids is 1. The van der Waals surface area contributed by atoms with Crippen molar-refractivity contribution in [1.82, 2.24) is 10.3 Å². The Balaban J connectivity index is 4.41. The molecule has 0 aliphatic heterocycles. The third-order valence-corrected chi connectivity index (χ3v) is 36.6. The molecule has 0 saturated heterocycles. The maximum atomic E-state index is 14.0. The molecule has 0 saturated carbocycles. The zero-order valence-electron chi connectivity index (χ0n) is 41.4. The molecule has 1 aromatic rings. The number of aryl methyl sites for hydroxylation is 1. The Kier molecular flexibility index (Phi) is 17.4. The second-order valence-corrected chi connectivity index (χ2v) is 47.8. The number of nitrogens with zero attached hydrogens (tertiary/aromatic N) is 1. The van der Waals surface area contributed by atoms with Crippen LogP contribution < -0.4 is 5.32 Å². The minimum atomic E-state index is -2.52. The maximum Gasteiger partial charge on any atom is 0.253 e. The van der Waals surface area contributed by atoms with Crippen LogP contribution in [0.25, 0.3) is 0 Å². The summed E-state index contributed by atoms with van der Waals surface area (Å²) in [6.07, 6.45) is -0.395. The van der Waals surface area contributed by atoms with Gasteiger partial charge in [-0.25, -0.2) is 0 Å². The average molecular weight is 872 g/mol. The first-order valence-electron chi connectivity index (χ1n) is 21.1. The predicted octanol–water partition coefficient (Wildman–Crippen LogP) is 12.7. The standard InChI is InChI=1S/C43H90N2O6Si5/c1-32-33(28-27-29-44-32)38(46)45-30-34(48-53(19,20)40(5,6)7)36(50-55(23,24)42(11,12)13)37(51-56(25,26)43(14,15)16)35(49-54(21,22)41(8,9)10)31-47-52(17,18)39(2,3)4/h27-29,34-37H,30-31H2,1-26H3,(H,45,46)/t34-,35+,36+,37+/m1/s1. The van der Waals surface area contributed by atoms with Crippen molar-refractivity contribution in [3.05, 3.63) is 29.6 Å². The number of amides is 1. The molecule has 8 nitrogen and oxygen atoms in total. The van der Waals surface area contributed by atoms with E-state index in [1.807, 2.05) is 19.1 Å². The number of aromatic nitrogens is 1. The van der Waals surface area contributed by atoms with Gasteiger partial charge in [-0.1, -0.05) is 104 Å². The van der Waals surface area contributed by atoms with Gasteiger partial charge in [0.2, 0.25) is 0 Å². The van der Waals surface area contributed by atoms with Crippen molar-refractivity contribution >= 4 is 47.5 Å². The van der Waals surface area contributed by atoms with Crippen LogP contribution in [0.4, 0.5) is 0 Å². The summed E-state index contributed by atoms with van der Waals surface area (Å²) in [4.78, 5) is 18.4. The minimum absolute atomic E-state index is 0.00400. The van der Waals surface area contributed by atoms with E-state index in [4.69, 9.17) is 22.1 Å². The Morgan fingerprint density at radius 3 is 1.27 bits per heavy atom. The topological polar surface area (TPSA) is 88.1 Å². The second kappa shape index (κ2) is 18.2. The lowest BCUT2D eigenvalue weighted by Crippen LogP contribution is -2.64. The highest BCUT2D eigenvalue weighted by Crippen LogP contribution is 2.46. The lowest BCUT2D eigenvalue weighted by molar-refractivity contribution is -0.0922. The number of pyridine rings is 1. The predicted molar refractivity (Wildman–Crippen MR) is 253 cm³/mol. The first kappa shape index (κ1) is 53.5. The van der Waals surface area contributed by atoms with Crippen molar-refractivity contribution in [1.29, 1.82) is 0 Å².